The number of hydrogen-bond donors (Lipinski definition) is 1. The lowest BCUT2D eigenvalue weighted by Crippen LogP contribution is -2.14. The second-order valence-electron chi connectivity index (χ2n) is 6.14. The van der Waals surface area contributed by atoms with Crippen LogP contribution in [0.2, 0.25) is 0 Å². The smallest absolute Gasteiger partial charge is 0.236 e. The molecule has 0 saturated carbocycles. The van der Waals surface area contributed by atoms with Gasteiger partial charge >= 0.3 is 0 Å². The topological polar surface area (TPSA) is 85.8 Å². The Bertz CT molecular complexity index is 1130. The number of aryl methyl sites for hydroxylation is 1. The average Bonchev–Trinajstić information content (AvgIpc) is 3.34. The summed E-state index contributed by atoms with van der Waals surface area (Å²) in [4.78, 5) is 12.2. The summed E-state index contributed by atoms with van der Waals surface area (Å²) in [6.07, 6.45) is 0. The summed E-state index contributed by atoms with van der Waals surface area (Å²) in [6.45, 7) is 1.74. The first kappa shape index (κ1) is 18.9. The number of benzene rings is 2. The monoisotopic (exact) mass is 409 g/mol. The largest absolute Gasteiger partial charge is 0.360 e. The molecule has 0 unspecified atom stereocenters. The molecule has 29 heavy (non-hydrogen) atoms. The zero-order valence-corrected chi connectivity index (χ0v) is 16.2. The van der Waals surface area contributed by atoms with Crippen LogP contribution in [0.3, 0.4) is 0 Å². The Kier molecular flexibility index (Phi) is 5.39. The van der Waals surface area contributed by atoms with Gasteiger partial charge in [0, 0.05) is 17.3 Å². The second kappa shape index (κ2) is 8.27. The molecule has 146 valence electrons. The van der Waals surface area contributed by atoms with Gasteiger partial charge in [0.1, 0.15) is 11.6 Å². The number of nitrogens with one attached hydrogen (secondary N) is 1. The maximum absolute atomic E-state index is 13.4. The molecule has 0 aliphatic carbocycles. The minimum absolute atomic E-state index is 0.0972. The zero-order valence-electron chi connectivity index (χ0n) is 15.4. The molecule has 1 amide bonds. The van der Waals surface area contributed by atoms with Gasteiger partial charge in [0.05, 0.1) is 5.75 Å². The van der Waals surface area contributed by atoms with E-state index in [1.807, 2.05) is 30.3 Å². The Morgan fingerprint density at radius 2 is 1.90 bits per heavy atom. The highest BCUT2D eigenvalue weighted by molar-refractivity contribution is 7.99. The van der Waals surface area contributed by atoms with Crippen LogP contribution in [0.1, 0.15) is 5.76 Å². The quantitative estimate of drug-likeness (QED) is 0.483. The van der Waals surface area contributed by atoms with E-state index < -0.39 is 0 Å². The third-order valence-electron chi connectivity index (χ3n) is 3.98. The number of halogens is 1. The van der Waals surface area contributed by atoms with Crippen LogP contribution in [0.15, 0.2) is 70.3 Å². The van der Waals surface area contributed by atoms with Gasteiger partial charge in [0.25, 0.3) is 0 Å². The first-order valence-corrected chi connectivity index (χ1v) is 9.71. The summed E-state index contributed by atoms with van der Waals surface area (Å²) < 4.78 is 20.1. The van der Waals surface area contributed by atoms with E-state index in [0.29, 0.717) is 28.2 Å². The first-order chi connectivity index (χ1) is 14.1. The number of aromatic nitrogens is 4. The molecule has 9 heteroatoms. The Balaban J connectivity index is 1.60. The molecule has 2 aromatic heterocycles. The van der Waals surface area contributed by atoms with Crippen LogP contribution in [0, 0.1) is 12.7 Å². The number of thioether (sulfide) groups is 1. The Hall–Kier alpha value is -3.46. The molecule has 0 saturated heterocycles. The van der Waals surface area contributed by atoms with Gasteiger partial charge in [0.15, 0.2) is 16.8 Å². The number of nitrogens with zero attached hydrogens (tertiary/aromatic N) is 4. The van der Waals surface area contributed by atoms with Crippen LogP contribution < -0.4 is 5.32 Å². The Labute approximate surface area is 169 Å². The summed E-state index contributed by atoms with van der Waals surface area (Å²) in [7, 11) is 0. The van der Waals surface area contributed by atoms with Gasteiger partial charge in [-0.3, -0.25) is 9.36 Å². The summed E-state index contributed by atoms with van der Waals surface area (Å²) in [5.74, 6) is 1.08. The van der Waals surface area contributed by atoms with Crippen LogP contribution in [-0.4, -0.2) is 31.6 Å². The minimum Gasteiger partial charge on any atom is -0.360 e. The van der Waals surface area contributed by atoms with E-state index in [-0.39, 0.29) is 17.5 Å². The highest BCUT2D eigenvalue weighted by Crippen LogP contribution is 2.28. The summed E-state index contributed by atoms with van der Waals surface area (Å²) in [5, 5.41) is 15.5. The van der Waals surface area contributed by atoms with Gasteiger partial charge in [0.2, 0.25) is 5.91 Å². The predicted octanol–water partition coefficient (Wildman–Crippen LogP) is 4.10. The molecule has 7 nitrogen and oxygen atoms in total. The third kappa shape index (κ3) is 4.35. The number of carbonyl (C=O) groups excluding carboxylic acids is 1. The van der Waals surface area contributed by atoms with Crippen molar-refractivity contribution in [3.8, 4) is 17.1 Å². The lowest BCUT2D eigenvalue weighted by Gasteiger charge is -2.10. The number of hydrogen-bond acceptors (Lipinski definition) is 6. The van der Waals surface area contributed by atoms with Crippen molar-refractivity contribution in [1.82, 2.24) is 19.9 Å². The first-order valence-electron chi connectivity index (χ1n) is 8.73. The fourth-order valence-electron chi connectivity index (χ4n) is 2.69. The van der Waals surface area contributed by atoms with Crippen molar-refractivity contribution in [2.75, 3.05) is 11.1 Å². The van der Waals surface area contributed by atoms with Gasteiger partial charge in [-0.05, 0) is 31.2 Å². The number of anilines is 1. The van der Waals surface area contributed by atoms with Crippen molar-refractivity contribution in [2.24, 2.45) is 0 Å². The van der Waals surface area contributed by atoms with E-state index in [1.165, 1.54) is 23.9 Å². The molecule has 1 N–H and O–H groups in total. The molecular formula is C20H16FN5O2S. The van der Waals surface area contributed by atoms with Gasteiger partial charge in [-0.25, -0.2) is 4.39 Å². The van der Waals surface area contributed by atoms with Crippen molar-refractivity contribution in [3.63, 3.8) is 0 Å². The standard InChI is InChI=1S/C20H16FN5O2S/c1-13-11-17(25-28-13)22-18(27)12-29-20-24-23-19(14-5-3-2-4-6-14)26(20)16-9-7-15(21)8-10-16/h2-11H,12H2,1H3,(H,22,25,27). The fourth-order valence-corrected chi connectivity index (χ4v) is 3.45. The molecule has 4 rings (SSSR count). The normalized spacial score (nSPS) is 10.8. The van der Waals surface area contributed by atoms with Crippen molar-refractivity contribution in [1.29, 1.82) is 0 Å². The van der Waals surface area contributed by atoms with Crippen LogP contribution >= 0.6 is 11.8 Å². The molecule has 0 radical (unpaired) electrons. The molecule has 0 aliphatic rings. The lowest BCUT2D eigenvalue weighted by atomic mass is 10.2. The lowest BCUT2D eigenvalue weighted by molar-refractivity contribution is -0.113. The Morgan fingerprint density at radius 1 is 1.14 bits per heavy atom. The van der Waals surface area contributed by atoms with Gasteiger partial charge in [-0.1, -0.05) is 47.3 Å². The minimum atomic E-state index is -0.334. The van der Waals surface area contributed by atoms with Crippen molar-refractivity contribution < 1.29 is 13.7 Å². The molecule has 4 aromatic rings. The molecule has 0 bridgehead atoms. The van der Waals surface area contributed by atoms with Crippen LogP contribution in [0.4, 0.5) is 10.2 Å². The van der Waals surface area contributed by atoms with Crippen molar-refractivity contribution >= 4 is 23.5 Å². The van der Waals surface area contributed by atoms with E-state index in [1.54, 1.807) is 29.7 Å². The fraction of sp³-hybridized carbons (Fsp3) is 0.100. The highest BCUT2D eigenvalue weighted by Gasteiger charge is 2.17. The molecule has 2 heterocycles. The maximum atomic E-state index is 13.4. The highest BCUT2D eigenvalue weighted by atomic mass is 32.2. The third-order valence-corrected chi connectivity index (χ3v) is 4.91. The second-order valence-corrected chi connectivity index (χ2v) is 7.09. The number of amides is 1. The summed E-state index contributed by atoms with van der Waals surface area (Å²) in [5.41, 5.74) is 1.56. The van der Waals surface area contributed by atoms with Crippen molar-refractivity contribution in [3.05, 3.63) is 72.2 Å². The van der Waals surface area contributed by atoms with E-state index >= 15 is 0 Å². The van der Waals surface area contributed by atoms with Crippen LogP contribution in [0.5, 0.6) is 0 Å². The maximum Gasteiger partial charge on any atom is 0.236 e. The van der Waals surface area contributed by atoms with E-state index in [4.69, 9.17) is 4.52 Å². The van der Waals surface area contributed by atoms with Gasteiger partial charge < -0.3 is 9.84 Å². The van der Waals surface area contributed by atoms with E-state index in [0.717, 1.165) is 5.56 Å². The molecule has 2 aromatic carbocycles. The SMILES string of the molecule is Cc1cc(NC(=O)CSc2nnc(-c3ccccc3)n2-c2ccc(F)cc2)no1. The average molecular weight is 409 g/mol. The van der Waals surface area contributed by atoms with Gasteiger partial charge in [-0.15, -0.1) is 10.2 Å². The van der Waals surface area contributed by atoms with Crippen LogP contribution in [0.25, 0.3) is 17.1 Å². The van der Waals surface area contributed by atoms with E-state index in [2.05, 4.69) is 20.7 Å². The number of rotatable bonds is 6. The molecular weight excluding hydrogens is 393 g/mol. The molecule has 0 atom stereocenters. The van der Waals surface area contributed by atoms with Crippen LogP contribution in [-0.2, 0) is 4.79 Å². The van der Waals surface area contributed by atoms with E-state index in [9.17, 15) is 9.18 Å². The Morgan fingerprint density at radius 3 is 2.59 bits per heavy atom. The van der Waals surface area contributed by atoms with Gasteiger partial charge in [-0.2, -0.15) is 0 Å². The molecule has 0 aliphatic heterocycles. The molecule has 0 fully saturated rings. The molecule has 0 spiro atoms. The predicted molar refractivity (Wildman–Crippen MR) is 107 cm³/mol. The summed E-state index contributed by atoms with van der Waals surface area (Å²) in [6, 6.07) is 17.2. The number of carbonyl (C=O) groups is 1. The van der Waals surface area contributed by atoms with Crippen molar-refractivity contribution in [2.45, 2.75) is 12.1 Å². The summed E-state index contributed by atoms with van der Waals surface area (Å²) >= 11 is 1.22. The zero-order chi connectivity index (χ0) is 20.2.